The van der Waals surface area contributed by atoms with Crippen molar-refractivity contribution in [1.29, 1.82) is 0 Å². The highest BCUT2D eigenvalue weighted by molar-refractivity contribution is 5.79. The molecule has 1 aromatic heterocycles. The maximum Gasteiger partial charge on any atom is 0.397 e. The van der Waals surface area contributed by atoms with Gasteiger partial charge in [0.25, 0.3) is 6.47 Å². The predicted octanol–water partition coefficient (Wildman–Crippen LogP) is 0.615. The van der Waals surface area contributed by atoms with Crippen LogP contribution < -0.4 is 10.6 Å². The SMILES string of the molecule is CN1C[C@@H](NC(=O)CC(F)(F)F)CC[C@@H](C(=O)NCCc2cnccn2)C1.O=CO. The van der Waals surface area contributed by atoms with E-state index < -0.39 is 24.5 Å². The lowest BCUT2D eigenvalue weighted by Gasteiger charge is -2.22. The average molecular weight is 433 g/mol. The summed E-state index contributed by atoms with van der Waals surface area (Å²) in [5.41, 5.74) is 0.781. The first-order chi connectivity index (χ1) is 14.1. The third-order valence-corrected chi connectivity index (χ3v) is 4.32. The molecular formula is C18H26F3N5O4. The fourth-order valence-corrected chi connectivity index (χ4v) is 3.12. The van der Waals surface area contributed by atoms with Crippen molar-refractivity contribution in [3.8, 4) is 0 Å². The summed E-state index contributed by atoms with van der Waals surface area (Å²) in [4.78, 5) is 42.2. The molecule has 1 fully saturated rings. The van der Waals surface area contributed by atoms with E-state index in [-0.39, 0.29) is 18.3 Å². The van der Waals surface area contributed by atoms with Gasteiger partial charge in [-0.3, -0.25) is 24.4 Å². The molecule has 0 radical (unpaired) electrons. The van der Waals surface area contributed by atoms with Crippen LogP contribution in [0.3, 0.4) is 0 Å². The van der Waals surface area contributed by atoms with Crippen LogP contribution >= 0.6 is 0 Å². The van der Waals surface area contributed by atoms with Gasteiger partial charge in [0.1, 0.15) is 6.42 Å². The van der Waals surface area contributed by atoms with Gasteiger partial charge < -0.3 is 20.6 Å². The van der Waals surface area contributed by atoms with E-state index in [0.29, 0.717) is 38.9 Å². The van der Waals surface area contributed by atoms with Crippen molar-refractivity contribution >= 4 is 18.3 Å². The van der Waals surface area contributed by atoms with E-state index in [2.05, 4.69) is 20.6 Å². The third kappa shape index (κ3) is 10.7. The van der Waals surface area contributed by atoms with Crippen molar-refractivity contribution in [2.45, 2.75) is 37.9 Å². The van der Waals surface area contributed by atoms with E-state index in [1.165, 1.54) is 0 Å². The lowest BCUT2D eigenvalue weighted by Crippen LogP contribution is -2.43. The zero-order valence-electron chi connectivity index (χ0n) is 16.6. The molecule has 12 heteroatoms. The zero-order valence-corrected chi connectivity index (χ0v) is 16.6. The van der Waals surface area contributed by atoms with Gasteiger partial charge in [-0.1, -0.05) is 0 Å². The fraction of sp³-hybridized carbons (Fsp3) is 0.611. The Labute approximate surface area is 172 Å². The second-order valence-corrected chi connectivity index (χ2v) is 6.90. The maximum atomic E-state index is 12.4. The van der Waals surface area contributed by atoms with Gasteiger partial charge in [0.15, 0.2) is 0 Å². The van der Waals surface area contributed by atoms with E-state index >= 15 is 0 Å². The molecule has 1 aromatic rings. The quantitative estimate of drug-likeness (QED) is 0.562. The molecule has 1 aliphatic heterocycles. The number of aromatic nitrogens is 2. The molecule has 0 spiro atoms. The Morgan fingerprint density at radius 3 is 2.60 bits per heavy atom. The largest absolute Gasteiger partial charge is 0.483 e. The van der Waals surface area contributed by atoms with Crippen LogP contribution in [-0.4, -0.2) is 77.2 Å². The topological polar surface area (TPSA) is 125 Å². The Bertz CT molecular complexity index is 676. The molecule has 0 aromatic carbocycles. The predicted molar refractivity (Wildman–Crippen MR) is 100 cm³/mol. The van der Waals surface area contributed by atoms with Crippen molar-refractivity contribution in [3.63, 3.8) is 0 Å². The lowest BCUT2D eigenvalue weighted by molar-refractivity contribution is -0.154. The first kappa shape index (κ1) is 25.3. The highest BCUT2D eigenvalue weighted by atomic mass is 19.4. The number of amides is 2. The standard InChI is InChI=1S/C17H24F3N5O2.CH2O2/c1-25-10-12(16(27)23-5-4-13-9-21-6-7-22-13)2-3-14(11-25)24-15(26)8-17(18,19)20;2-1-3/h6-7,9,12,14H,2-5,8,10-11H2,1H3,(H,23,27)(H,24,26);1H,(H,2,3)/t12-,14+;/m1./s1. The van der Waals surface area contributed by atoms with E-state index in [9.17, 15) is 22.8 Å². The Morgan fingerprint density at radius 2 is 2.00 bits per heavy atom. The number of halogens is 3. The second-order valence-electron chi connectivity index (χ2n) is 6.90. The Balaban J connectivity index is 0.00000141. The van der Waals surface area contributed by atoms with Crippen molar-refractivity contribution in [3.05, 3.63) is 24.3 Å². The van der Waals surface area contributed by atoms with Gasteiger partial charge in [-0.2, -0.15) is 13.2 Å². The van der Waals surface area contributed by atoms with Gasteiger partial charge in [-0.05, 0) is 19.9 Å². The molecule has 2 atom stereocenters. The number of carboxylic acid groups (broad SMARTS) is 1. The number of likely N-dealkylation sites (tertiary alicyclic amines) is 1. The van der Waals surface area contributed by atoms with Crippen LogP contribution in [-0.2, 0) is 20.8 Å². The molecule has 30 heavy (non-hydrogen) atoms. The van der Waals surface area contributed by atoms with Gasteiger partial charge in [-0.15, -0.1) is 0 Å². The molecule has 0 saturated carbocycles. The molecule has 2 rings (SSSR count). The number of hydrogen-bond acceptors (Lipinski definition) is 6. The number of nitrogens with zero attached hydrogens (tertiary/aromatic N) is 3. The molecule has 3 N–H and O–H groups in total. The highest BCUT2D eigenvalue weighted by Gasteiger charge is 2.33. The molecule has 1 aliphatic rings. The van der Waals surface area contributed by atoms with Gasteiger partial charge in [0.05, 0.1) is 11.6 Å². The zero-order chi connectivity index (χ0) is 22.6. The van der Waals surface area contributed by atoms with Crippen LogP contribution in [0, 0.1) is 5.92 Å². The molecular weight excluding hydrogens is 407 g/mol. The van der Waals surface area contributed by atoms with Gasteiger partial charge in [0, 0.05) is 50.7 Å². The minimum Gasteiger partial charge on any atom is -0.483 e. The van der Waals surface area contributed by atoms with E-state index in [4.69, 9.17) is 9.90 Å². The van der Waals surface area contributed by atoms with E-state index in [0.717, 1.165) is 5.69 Å². The Kier molecular flexibility index (Phi) is 10.7. The van der Waals surface area contributed by atoms with E-state index in [1.807, 2.05) is 4.90 Å². The molecule has 0 aliphatic carbocycles. The van der Waals surface area contributed by atoms with Crippen LogP contribution in [0.25, 0.3) is 0 Å². The summed E-state index contributed by atoms with van der Waals surface area (Å²) in [6.45, 7) is 1.08. The number of carbonyl (C=O) groups excluding carboxylic acids is 2. The Morgan fingerprint density at radius 1 is 1.30 bits per heavy atom. The van der Waals surface area contributed by atoms with Crippen LogP contribution in [0.15, 0.2) is 18.6 Å². The minimum absolute atomic E-state index is 0.104. The van der Waals surface area contributed by atoms with E-state index in [1.54, 1.807) is 25.6 Å². The number of alkyl halides is 3. The summed E-state index contributed by atoms with van der Waals surface area (Å²) in [7, 11) is 1.79. The highest BCUT2D eigenvalue weighted by Crippen LogP contribution is 2.20. The fourth-order valence-electron chi connectivity index (χ4n) is 3.12. The molecule has 2 amide bonds. The van der Waals surface area contributed by atoms with Crippen molar-refractivity contribution < 1.29 is 32.7 Å². The molecule has 1 saturated heterocycles. The summed E-state index contributed by atoms with van der Waals surface area (Å²) in [6, 6.07) is -0.401. The summed E-state index contributed by atoms with van der Waals surface area (Å²) < 4.78 is 36.9. The van der Waals surface area contributed by atoms with Gasteiger partial charge in [0.2, 0.25) is 11.8 Å². The lowest BCUT2D eigenvalue weighted by atomic mass is 10.0. The molecule has 0 bridgehead atoms. The Hall–Kier alpha value is -2.76. The summed E-state index contributed by atoms with van der Waals surface area (Å²) in [5, 5.41) is 12.2. The number of nitrogens with one attached hydrogen (secondary N) is 2. The average Bonchev–Trinajstić information content (AvgIpc) is 2.82. The molecule has 2 heterocycles. The molecule has 9 nitrogen and oxygen atoms in total. The molecule has 0 unspecified atom stereocenters. The number of rotatable bonds is 6. The molecule has 168 valence electrons. The first-order valence-electron chi connectivity index (χ1n) is 9.29. The van der Waals surface area contributed by atoms with Crippen LogP contribution in [0.1, 0.15) is 25.0 Å². The van der Waals surface area contributed by atoms with Gasteiger partial charge >= 0.3 is 6.18 Å². The third-order valence-electron chi connectivity index (χ3n) is 4.32. The normalized spacial score (nSPS) is 19.6. The second kappa shape index (κ2) is 12.7. The summed E-state index contributed by atoms with van der Waals surface area (Å²) in [6.07, 6.45) is 0.316. The number of carbonyl (C=O) groups is 3. The van der Waals surface area contributed by atoms with Crippen molar-refractivity contribution in [2.75, 3.05) is 26.7 Å². The minimum atomic E-state index is -4.52. The van der Waals surface area contributed by atoms with Crippen LogP contribution in [0.4, 0.5) is 13.2 Å². The smallest absolute Gasteiger partial charge is 0.397 e. The number of hydrogen-bond donors (Lipinski definition) is 3. The maximum absolute atomic E-state index is 12.4. The summed E-state index contributed by atoms with van der Waals surface area (Å²) in [5.74, 6) is -1.41. The van der Waals surface area contributed by atoms with Crippen LogP contribution in [0.5, 0.6) is 0 Å². The van der Waals surface area contributed by atoms with Crippen LogP contribution in [0.2, 0.25) is 0 Å². The van der Waals surface area contributed by atoms with Gasteiger partial charge in [-0.25, -0.2) is 0 Å². The monoisotopic (exact) mass is 433 g/mol. The summed E-state index contributed by atoms with van der Waals surface area (Å²) >= 11 is 0. The number of likely N-dealkylation sites (N-methyl/N-ethyl adjacent to an activating group) is 1. The first-order valence-corrected chi connectivity index (χ1v) is 9.29. The van der Waals surface area contributed by atoms with Crippen molar-refractivity contribution in [1.82, 2.24) is 25.5 Å². The van der Waals surface area contributed by atoms with Crippen molar-refractivity contribution in [2.24, 2.45) is 5.92 Å².